The average Bonchev–Trinajstić information content (AvgIpc) is 2.61. The summed E-state index contributed by atoms with van der Waals surface area (Å²) in [5.74, 6) is 0.904. The lowest BCUT2D eigenvalue weighted by molar-refractivity contribution is 0.102. The number of amides is 1. The molecule has 0 unspecified atom stereocenters. The number of hydrogen-bond acceptors (Lipinski definition) is 6. The number of pyridine rings is 1. The Balaban J connectivity index is 1.83. The molecule has 7 heteroatoms. The molecule has 0 aliphatic rings. The van der Waals surface area contributed by atoms with Crippen molar-refractivity contribution in [3.05, 3.63) is 65.1 Å². The summed E-state index contributed by atoms with van der Waals surface area (Å²) in [4.78, 5) is 31.9. The molecular weight excluding hydrogens is 340 g/mol. The average molecular weight is 362 g/mol. The molecule has 0 atom stereocenters. The van der Waals surface area contributed by atoms with E-state index in [1.807, 2.05) is 57.4 Å². The number of carbonyl (C=O) groups excluding carboxylic acids is 1. The van der Waals surface area contributed by atoms with Gasteiger partial charge in [-0.25, -0.2) is 4.98 Å². The first kappa shape index (κ1) is 18.6. The maximum absolute atomic E-state index is 12.7. The number of aromatic nitrogens is 4. The van der Waals surface area contributed by atoms with Gasteiger partial charge in [-0.2, -0.15) is 9.97 Å². The normalized spacial score (nSPS) is 10.9. The number of carbonyl (C=O) groups is 1. The molecule has 2 heterocycles. The van der Waals surface area contributed by atoms with E-state index in [0.717, 1.165) is 17.7 Å². The van der Waals surface area contributed by atoms with Gasteiger partial charge in [-0.05, 0) is 57.3 Å². The smallest absolute Gasteiger partial charge is 0.258 e. The molecule has 2 aromatic heterocycles. The summed E-state index contributed by atoms with van der Waals surface area (Å²) >= 11 is 0. The summed E-state index contributed by atoms with van der Waals surface area (Å²) in [5, 5.41) is 2.77. The first-order valence-electron chi connectivity index (χ1n) is 8.62. The Morgan fingerprint density at radius 1 is 1.07 bits per heavy atom. The van der Waals surface area contributed by atoms with Crippen LogP contribution in [-0.2, 0) is 6.54 Å². The Bertz CT molecular complexity index is 956. The van der Waals surface area contributed by atoms with Gasteiger partial charge in [0.2, 0.25) is 5.95 Å². The van der Waals surface area contributed by atoms with E-state index in [1.54, 1.807) is 13.1 Å². The fourth-order valence-electron chi connectivity index (χ4n) is 2.76. The van der Waals surface area contributed by atoms with E-state index in [-0.39, 0.29) is 11.9 Å². The van der Waals surface area contributed by atoms with Crippen LogP contribution in [0.25, 0.3) is 11.5 Å². The Hall–Kier alpha value is -3.19. The Morgan fingerprint density at radius 2 is 1.89 bits per heavy atom. The van der Waals surface area contributed by atoms with Crippen LogP contribution in [0.2, 0.25) is 0 Å². The third-order valence-corrected chi connectivity index (χ3v) is 3.90. The maximum atomic E-state index is 12.7. The fraction of sp³-hybridized carbons (Fsp3) is 0.250. The minimum atomic E-state index is -0.249. The zero-order valence-electron chi connectivity index (χ0n) is 15.9. The van der Waals surface area contributed by atoms with Crippen LogP contribution >= 0.6 is 0 Å². The van der Waals surface area contributed by atoms with Gasteiger partial charge >= 0.3 is 0 Å². The van der Waals surface area contributed by atoms with Crippen molar-refractivity contribution in [1.82, 2.24) is 24.8 Å². The van der Waals surface area contributed by atoms with Crippen molar-refractivity contribution in [3.63, 3.8) is 0 Å². The number of anilines is 1. The van der Waals surface area contributed by atoms with Gasteiger partial charge < -0.3 is 4.90 Å². The second kappa shape index (κ2) is 8.01. The SMILES string of the molecule is Cc1nc(NC(=O)c2ccc(CN(C)C)cc2C)nc(-c2ccccn2)n1. The van der Waals surface area contributed by atoms with E-state index >= 15 is 0 Å². The minimum Gasteiger partial charge on any atom is -0.305 e. The quantitative estimate of drug-likeness (QED) is 0.751. The van der Waals surface area contributed by atoms with E-state index < -0.39 is 0 Å². The maximum Gasteiger partial charge on any atom is 0.258 e. The molecule has 0 saturated heterocycles. The predicted molar refractivity (Wildman–Crippen MR) is 104 cm³/mol. The van der Waals surface area contributed by atoms with Crippen LogP contribution in [0.5, 0.6) is 0 Å². The third kappa shape index (κ3) is 4.71. The van der Waals surface area contributed by atoms with Gasteiger partial charge in [0.25, 0.3) is 5.91 Å². The van der Waals surface area contributed by atoms with Crippen LogP contribution in [0.15, 0.2) is 42.6 Å². The van der Waals surface area contributed by atoms with Gasteiger partial charge in [-0.15, -0.1) is 0 Å². The van der Waals surface area contributed by atoms with Crippen molar-refractivity contribution in [2.24, 2.45) is 0 Å². The summed E-state index contributed by atoms with van der Waals surface area (Å²) in [5.41, 5.74) is 3.28. The number of nitrogens with zero attached hydrogens (tertiary/aromatic N) is 5. The number of benzene rings is 1. The van der Waals surface area contributed by atoms with E-state index in [9.17, 15) is 4.79 Å². The van der Waals surface area contributed by atoms with Crippen molar-refractivity contribution in [2.45, 2.75) is 20.4 Å². The van der Waals surface area contributed by atoms with Crippen molar-refractivity contribution in [2.75, 3.05) is 19.4 Å². The standard InChI is InChI=1S/C20H22N6O/c1-13-11-15(12-26(3)4)8-9-16(13)19(27)25-20-23-14(2)22-18(24-20)17-7-5-6-10-21-17/h5-11H,12H2,1-4H3,(H,22,23,24,25,27). The van der Waals surface area contributed by atoms with Crippen molar-refractivity contribution in [1.29, 1.82) is 0 Å². The monoisotopic (exact) mass is 362 g/mol. The number of hydrogen-bond donors (Lipinski definition) is 1. The Labute approximate surface area is 158 Å². The molecule has 138 valence electrons. The number of aryl methyl sites for hydroxylation is 2. The molecule has 0 aliphatic heterocycles. The van der Waals surface area contributed by atoms with Gasteiger partial charge in [0, 0.05) is 18.3 Å². The molecule has 0 bridgehead atoms. The highest BCUT2D eigenvalue weighted by Crippen LogP contribution is 2.16. The highest BCUT2D eigenvalue weighted by atomic mass is 16.1. The Kier molecular flexibility index (Phi) is 5.52. The first-order chi connectivity index (χ1) is 12.9. The molecule has 1 amide bonds. The predicted octanol–water partition coefficient (Wildman–Crippen LogP) is 2.86. The van der Waals surface area contributed by atoms with Gasteiger partial charge in [0.05, 0.1) is 0 Å². The summed E-state index contributed by atoms with van der Waals surface area (Å²) in [7, 11) is 4.02. The summed E-state index contributed by atoms with van der Waals surface area (Å²) < 4.78 is 0. The zero-order valence-corrected chi connectivity index (χ0v) is 15.9. The summed E-state index contributed by atoms with van der Waals surface area (Å²) in [6.07, 6.45) is 1.67. The molecule has 3 aromatic rings. The van der Waals surface area contributed by atoms with E-state index in [0.29, 0.717) is 22.9 Å². The zero-order chi connectivity index (χ0) is 19.4. The lowest BCUT2D eigenvalue weighted by atomic mass is 10.0. The minimum absolute atomic E-state index is 0.213. The van der Waals surface area contributed by atoms with Crippen LogP contribution in [0.3, 0.4) is 0 Å². The fourth-order valence-corrected chi connectivity index (χ4v) is 2.76. The van der Waals surface area contributed by atoms with Crippen LogP contribution in [0.4, 0.5) is 5.95 Å². The molecule has 1 N–H and O–H groups in total. The van der Waals surface area contributed by atoms with E-state index in [4.69, 9.17) is 0 Å². The highest BCUT2D eigenvalue weighted by molar-refractivity contribution is 6.04. The Morgan fingerprint density at radius 3 is 2.56 bits per heavy atom. The van der Waals surface area contributed by atoms with Gasteiger partial charge in [-0.1, -0.05) is 18.2 Å². The molecule has 27 heavy (non-hydrogen) atoms. The molecular formula is C20H22N6O. The molecule has 0 saturated carbocycles. The highest BCUT2D eigenvalue weighted by Gasteiger charge is 2.14. The van der Waals surface area contributed by atoms with E-state index in [1.165, 1.54) is 0 Å². The van der Waals surface area contributed by atoms with Gasteiger partial charge in [0.1, 0.15) is 11.5 Å². The molecule has 0 radical (unpaired) electrons. The van der Waals surface area contributed by atoms with Gasteiger partial charge in [-0.3, -0.25) is 15.1 Å². The second-order valence-electron chi connectivity index (χ2n) is 6.59. The first-order valence-corrected chi connectivity index (χ1v) is 8.62. The molecule has 1 aromatic carbocycles. The lowest BCUT2D eigenvalue weighted by Crippen LogP contribution is -2.17. The molecule has 0 spiro atoms. The summed E-state index contributed by atoms with van der Waals surface area (Å²) in [6.45, 7) is 4.50. The second-order valence-corrected chi connectivity index (χ2v) is 6.59. The van der Waals surface area contributed by atoms with Crippen LogP contribution in [-0.4, -0.2) is 44.8 Å². The third-order valence-electron chi connectivity index (χ3n) is 3.90. The van der Waals surface area contributed by atoms with Crippen LogP contribution in [0, 0.1) is 13.8 Å². The summed E-state index contributed by atoms with van der Waals surface area (Å²) in [6, 6.07) is 11.3. The molecule has 0 aliphatic carbocycles. The lowest BCUT2D eigenvalue weighted by Gasteiger charge is -2.12. The van der Waals surface area contributed by atoms with Crippen LogP contribution in [0.1, 0.15) is 27.3 Å². The topological polar surface area (TPSA) is 83.9 Å². The van der Waals surface area contributed by atoms with E-state index in [2.05, 4.69) is 30.2 Å². The van der Waals surface area contributed by atoms with Crippen molar-refractivity contribution in [3.8, 4) is 11.5 Å². The molecule has 7 nitrogen and oxygen atoms in total. The van der Waals surface area contributed by atoms with Crippen LogP contribution < -0.4 is 5.32 Å². The number of rotatable bonds is 5. The largest absolute Gasteiger partial charge is 0.305 e. The molecule has 3 rings (SSSR count). The number of nitrogens with one attached hydrogen (secondary N) is 1. The molecule has 0 fully saturated rings. The van der Waals surface area contributed by atoms with Crippen molar-refractivity contribution >= 4 is 11.9 Å². The van der Waals surface area contributed by atoms with Crippen molar-refractivity contribution < 1.29 is 4.79 Å². The van der Waals surface area contributed by atoms with Gasteiger partial charge in [0.15, 0.2) is 5.82 Å².